The van der Waals surface area contributed by atoms with Gasteiger partial charge in [0.2, 0.25) is 0 Å². The normalized spacial score (nSPS) is 12.5. The van der Waals surface area contributed by atoms with Crippen molar-refractivity contribution in [3.8, 4) is 5.75 Å². The van der Waals surface area contributed by atoms with E-state index in [4.69, 9.17) is 14.2 Å². The predicted molar refractivity (Wildman–Crippen MR) is 114 cm³/mol. The number of hydrogen-bond acceptors (Lipinski definition) is 7. The number of rotatable bonds is 10. The molecule has 2 aromatic rings. The van der Waals surface area contributed by atoms with Crippen LogP contribution in [-0.4, -0.2) is 48.5 Å². The summed E-state index contributed by atoms with van der Waals surface area (Å²) in [6, 6.07) is 11.4. The third-order valence-corrected chi connectivity index (χ3v) is 4.86. The first-order valence-corrected chi connectivity index (χ1v) is 10.5. The number of imide groups is 1. The number of esters is 2. The molecule has 0 saturated carbocycles. The number of amides is 2. The summed E-state index contributed by atoms with van der Waals surface area (Å²) >= 11 is 0. The lowest BCUT2D eigenvalue weighted by Gasteiger charge is -2.16. The molecule has 0 saturated heterocycles. The van der Waals surface area contributed by atoms with E-state index in [2.05, 4.69) is 0 Å². The Hall–Kier alpha value is -3.68. The van der Waals surface area contributed by atoms with Crippen LogP contribution in [0.3, 0.4) is 0 Å². The summed E-state index contributed by atoms with van der Waals surface area (Å²) in [4.78, 5) is 50.7. The fourth-order valence-corrected chi connectivity index (χ4v) is 3.26. The van der Waals surface area contributed by atoms with E-state index in [9.17, 15) is 19.2 Å². The quantitative estimate of drug-likeness (QED) is 0.318. The van der Waals surface area contributed by atoms with Crippen molar-refractivity contribution < 1.29 is 33.4 Å². The first kappa shape index (κ1) is 23.0. The van der Waals surface area contributed by atoms with E-state index >= 15 is 0 Å². The topological polar surface area (TPSA) is 99.2 Å². The summed E-state index contributed by atoms with van der Waals surface area (Å²) in [6.07, 6.45) is 1.61. The van der Waals surface area contributed by atoms with Gasteiger partial charge < -0.3 is 14.2 Å². The molecule has 0 fully saturated rings. The Labute approximate surface area is 186 Å². The lowest BCUT2D eigenvalue weighted by atomic mass is 10.1. The zero-order chi connectivity index (χ0) is 23.1. The first-order valence-electron chi connectivity index (χ1n) is 10.5. The van der Waals surface area contributed by atoms with Crippen molar-refractivity contribution in [2.75, 3.05) is 19.8 Å². The Morgan fingerprint density at radius 1 is 0.938 bits per heavy atom. The molecule has 0 aliphatic carbocycles. The molecule has 1 heterocycles. The van der Waals surface area contributed by atoms with E-state index in [0.717, 1.165) is 17.7 Å². The van der Waals surface area contributed by atoms with Crippen molar-refractivity contribution in [3.05, 3.63) is 64.7 Å². The number of unbranched alkanes of at least 4 members (excludes halogenated alkanes) is 1. The molecule has 1 aliphatic rings. The minimum absolute atomic E-state index is 0.0158. The summed E-state index contributed by atoms with van der Waals surface area (Å²) in [5.41, 5.74) is 1.34. The number of carbonyl (C=O) groups excluding carboxylic acids is 4. The standard InChI is InChI=1S/C24H25NO7/c1-3-5-12-31-21(26)15-32-24(29)19-13-16(10-11-20(19)30-4-2)14-25-22(27)17-8-6-7-9-18(17)23(25)28/h6-11,13H,3-5,12,14-15H2,1-2H3. The predicted octanol–water partition coefficient (Wildman–Crippen LogP) is 3.38. The molecule has 0 N–H and O–H groups in total. The van der Waals surface area contributed by atoms with Gasteiger partial charge in [0.05, 0.1) is 30.9 Å². The van der Waals surface area contributed by atoms with Gasteiger partial charge in [-0.1, -0.05) is 31.5 Å². The SMILES string of the molecule is CCCCOC(=O)COC(=O)c1cc(CN2C(=O)c3ccccc3C2=O)ccc1OCC. The molecule has 32 heavy (non-hydrogen) atoms. The van der Waals surface area contributed by atoms with Gasteiger partial charge in [-0.3, -0.25) is 14.5 Å². The van der Waals surface area contributed by atoms with Crippen molar-refractivity contribution >= 4 is 23.8 Å². The summed E-state index contributed by atoms with van der Waals surface area (Å²) in [6.45, 7) is 3.80. The van der Waals surface area contributed by atoms with Gasteiger partial charge in [-0.25, -0.2) is 9.59 Å². The molecule has 0 radical (unpaired) electrons. The van der Waals surface area contributed by atoms with E-state index in [1.54, 1.807) is 43.3 Å². The van der Waals surface area contributed by atoms with Crippen molar-refractivity contribution in [2.45, 2.75) is 33.2 Å². The van der Waals surface area contributed by atoms with Crippen LogP contribution in [-0.2, 0) is 20.8 Å². The minimum atomic E-state index is -0.759. The number of nitrogens with zero attached hydrogens (tertiary/aromatic N) is 1. The molecule has 2 aromatic carbocycles. The molecule has 0 spiro atoms. The Morgan fingerprint density at radius 3 is 2.25 bits per heavy atom. The molecule has 8 nitrogen and oxygen atoms in total. The van der Waals surface area contributed by atoms with Crippen LogP contribution in [0.1, 0.15) is 63.3 Å². The molecule has 0 unspecified atom stereocenters. The fraction of sp³-hybridized carbons (Fsp3) is 0.333. The number of fused-ring (bicyclic) bond motifs is 1. The van der Waals surface area contributed by atoms with Gasteiger partial charge in [-0.05, 0) is 43.2 Å². The highest BCUT2D eigenvalue weighted by Crippen LogP contribution is 2.27. The van der Waals surface area contributed by atoms with Gasteiger partial charge in [0, 0.05) is 0 Å². The average Bonchev–Trinajstić information content (AvgIpc) is 3.04. The van der Waals surface area contributed by atoms with Crippen molar-refractivity contribution in [1.82, 2.24) is 4.90 Å². The zero-order valence-electron chi connectivity index (χ0n) is 18.1. The van der Waals surface area contributed by atoms with Crippen LogP contribution < -0.4 is 4.74 Å². The molecule has 1 aliphatic heterocycles. The van der Waals surface area contributed by atoms with Crippen LogP contribution in [0.25, 0.3) is 0 Å². The number of ether oxygens (including phenoxy) is 3. The van der Waals surface area contributed by atoms with Gasteiger partial charge in [0.15, 0.2) is 6.61 Å². The van der Waals surface area contributed by atoms with Crippen LogP contribution >= 0.6 is 0 Å². The third-order valence-electron chi connectivity index (χ3n) is 4.86. The number of hydrogen-bond donors (Lipinski definition) is 0. The average molecular weight is 439 g/mol. The number of carbonyl (C=O) groups is 4. The molecule has 168 valence electrons. The molecule has 0 atom stereocenters. The number of benzene rings is 2. The van der Waals surface area contributed by atoms with Crippen LogP contribution in [0, 0.1) is 0 Å². The van der Waals surface area contributed by atoms with E-state index in [1.807, 2.05) is 6.92 Å². The van der Waals surface area contributed by atoms with Crippen LogP contribution in [0.15, 0.2) is 42.5 Å². The molecule has 3 rings (SSSR count). The smallest absolute Gasteiger partial charge is 0.344 e. The van der Waals surface area contributed by atoms with Gasteiger partial charge in [-0.2, -0.15) is 0 Å². The highest BCUT2D eigenvalue weighted by molar-refractivity contribution is 6.21. The van der Waals surface area contributed by atoms with Gasteiger partial charge >= 0.3 is 11.9 Å². The molecular weight excluding hydrogens is 414 g/mol. The van der Waals surface area contributed by atoms with Gasteiger partial charge in [0.25, 0.3) is 11.8 Å². The minimum Gasteiger partial charge on any atom is -0.493 e. The molecule has 0 aromatic heterocycles. The summed E-state index contributed by atoms with van der Waals surface area (Å²) in [7, 11) is 0. The van der Waals surface area contributed by atoms with E-state index in [0.29, 0.717) is 23.3 Å². The van der Waals surface area contributed by atoms with Crippen LogP contribution in [0.2, 0.25) is 0 Å². The van der Waals surface area contributed by atoms with E-state index < -0.39 is 30.4 Å². The van der Waals surface area contributed by atoms with Crippen molar-refractivity contribution in [3.63, 3.8) is 0 Å². The summed E-state index contributed by atoms with van der Waals surface area (Å²) < 4.78 is 15.6. The zero-order valence-corrected chi connectivity index (χ0v) is 18.1. The van der Waals surface area contributed by atoms with Crippen LogP contribution in [0.5, 0.6) is 5.75 Å². The Kier molecular flexibility index (Phi) is 7.59. The Morgan fingerprint density at radius 2 is 1.62 bits per heavy atom. The van der Waals surface area contributed by atoms with Crippen LogP contribution in [0.4, 0.5) is 0 Å². The van der Waals surface area contributed by atoms with Gasteiger partial charge in [-0.15, -0.1) is 0 Å². The maximum Gasteiger partial charge on any atom is 0.344 e. The van der Waals surface area contributed by atoms with Gasteiger partial charge in [0.1, 0.15) is 11.3 Å². The first-order chi connectivity index (χ1) is 15.5. The summed E-state index contributed by atoms with van der Waals surface area (Å²) in [5, 5.41) is 0. The molecule has 8 heteroatoms. The third kappa shape index (κ3) is 5.14. The second-order valence-corrected chi connectivity index (χ2v) is 7.16. The monoisotopic (exact) mass is 439 g/mol. The largest absolute Gasteiger partial charge is 0.493 e. The van der Waals surface area contributed by atoms with Crippen molar-refractivity contribution in [1.29, 1.82) is 0 Å². The lowest BCUT2D eigenvalue weighted by Crippen LogP contribution is -2.29. The highest BCUT2D eigenvalue weighted by atomic mass is 16.6. The Bertz CT molecular complexity index is 996. The molecule has 2 amide bonds. The molecule has 0 bridgehead atoms. The van der Waals surface area contributed by atoms with E-state index in [-0.39, 0.29) is 24.5 Å². The maximum atomic E-state index is 12.6. The van der Waals surface area contributed by atoms with Crippen molar-refractivity contribution in [2.24, 2.45) is 0 Å². The second kappa shape index (κ2) is 10.6. The fourth-order valence-electron chi connectivity index (χ4n) is 3.26. The second-order valence-electron chi connectivity index (χ2n) is 7.16. The maximum absolute atomic E-state index is 12.6. The Balaban J connectivity index is 1.73. The molecular formula is C24H25NO7. The lowest BCUT2D eigenvalue weighted by molar-refractivity contribution is -0.147. The summed E-state index contributed by atoms with van der Waals surface area (Å²) in [5.74, 6) is -1.89. The highest BCUT2D eigenvalue weighted by Gasteiger charge is 2.35. The van der Waals surface area contributed by atoms with E-state index in [1.165, 1.54) is 6.07 Å².